The zero-order valence-corrected chi connectivity index (χ0v) is 11.3. The summed E-state index contributed by atoms with van der Waals surface area (Å²) in [7, 11) is 1.41. The normalized spacial score (nSPS) is 9.76. The van der Waals surface area contributed by atoms with Gasteiger partial charge in [0.05, 0.1) is 24.3 Å². The van der Waals surface area contributed by atoms with E-state index >= 15 is 0 Å². The molecule has 2 aromatic carbocycles. The van der Waals surface area contributed by atoms with Crippen LogP contribution >= 0.6 is 0 Å². The molecule has 0 bridgehead atoms. The summed E-state index contributed by atoms with van der Waals surface area (Å²) in [6.07, 6.45) is 0. The van der Waals surface area contributed by atoms with Gasteiger partial charge in [0.15, 0.2) is 0 Å². The zero-order chi connectivity index (χ0) is 15.2. The molecule has 0 saturated heterocycles. The van der Waals surface area contributed by atoms with Crippen molar-refractivity contribution in [1.82, 2.24) is 0 Å². The molecule has 0 spiro atoms. The molecule has 0 fully saturated rings. The average molecular weight is 285 g/mol. The Hall–Kier alpha value is -2.87. The lowest BCUT2D eigenvalue weighted by atomic mass is 10.1. The van der Waals surface area contributed by atoms with Gasteiger partial charge < -0.3 is 9.47 Å². The first kappa shape index (κ1) is 14.5. The van der Waals surface area contributed by atoms with Crippen LogP contribution in [0.15, 0.2) is 42.5 Å². The number of carbonyl (C=O) groups is 1. The van der Waals surface area contributed by atoms with Crippen molar-refractivity contribution in [3.8, 4) is 11.8 Å². The van der Waals surface area contributed by atoms with E-state index in [0.29, 0.717) is 16.9 Å². The molecule has 4 nitrogen and oxygen atoms in total. The molecule has 0 amide bonds. The monoisotopic (exact) mass is 285 g/mol. The highest BCUT2D eigenvalue weighted by atomic mass is 19.1. The minimum absolute atomic E-state index is 0.0893. The Bertz CT molecular complexity index is 707. The molecule has 5 heteroatoms. The Balaban J connectivity index is 2.10. The fourth-order valence-electron chi connectivity index (χ4n) is 1.76. The van der Waals surface area contributed by atoms with Crippen molar-refractivity contribution in [2.75, 3.05) is 7.11 Å². The van der Waals surface area contributed by atoms with Crippen LogP contribution in [0.2, 0.25) is 0 Å². The molecular weight excluding hydrogens is 273 g/mol. The average Bonchev–Trinajstić information content (AvgIpc) is 2.52. The molecule has 0 saturated carbocycles. The molecule has 0 aliphatic carbocycles. The fraction of sp³-hybridized carbons (Fsp3) is 0.125. The molecular formula is C16H12FNO3. The maximum absolute atomic E-state index is 13.7. The molecule has 0 radical (unpaired) electrons. The van der Waals surface area contributed by atoms with Crippen LogP contribution in [0.5, 0.6) is 5.75 Å². The third-order valence-electron chi connectivity index (χ3n) is 2.89. The molecule has 0 heterocycles. The second-order valence-corrected chi connectivity index (χ2v) is 4.19. The van der Waals surface area contributed by atoms with Crippen LogP contribution in [0, 0.1) is 17.1 Å². The predicted molar refractivity (Wildman–Crippen MR) is 73.2 cm³/mol. The fourth-order valence-corrected chi connectivity index (χ4v) is 1.76. The van der Waals surface area contributed by atoms with E-state index in [-0.39, 0.29) is 12.2 Å². The summed E-state index contributed by atoms with van der Waals surface area (Å²) < 4.78 is 23.6. The highest BCUT2D eigenvalue weighted by molar-refractivity contribution is 5.89. The van der Waals surface area contributed by atoms with Gasteiger partial charge in [-0.1, -0.05) is 18.2 Å². The summed E-state index contributed by atoms with van der Waals surface area (Å²) in [4.78, 5) is 11.9. The highest BCUT2D eigenvalue weighted by Crippen LogP contribution is 2.18. The van der Waals surface area contributed by atoms with Gasteiger partial charge in [0.1, 0.15) is 18.2 Å². The third-order valence-corrected chi connectivity index (χ3v) is 2.89. The standard InChI is InChI=1S/C16H12FNO3/c1-20-13-6-7-14(15(17)8-13)16(19)21-10-12-5-3-2-4-11(12)9-18/h2-8H,10H2,1H3. The van der Waals surface area contributed by atoms with Crippen molar-refractivity contribution < 1.29 is 18.7 Å². The summed E-state index contributed by atoms with van der Waals surface area (Å²) >= 11 is 0. The number of ether oxygens (including phenoxy) is 2. The molecule has 21 heavy (non-hydrogen) atoms. The van der Waals surface area contributed by atoms with E-state index in [9.17, 15) is 9.18 Å². The summed E-state index contributed by atoms with van der Waals surface area (Å²) in [5, 5.41) is 8.94. The van der Waals surface area contributed by atoms with Crippen LogP contribution in [-0.4, -0.2) is 13.1 Å². The number of carbonyl (C=O) groups excluding carboxylic acids is 1. The van der Waals surface area contributed by atoms with Crippen LogP contribution in [0.3, 0.4) is 0 Å². The van der Waals surface area contributed by atoms with Gasteiger partial charge in [-0.2, -0.15) is 5.26 Å². The number of hydrogen-bond acceptors (Lipinski definition) is 4. The van der Waals surface area contributed by atoms with E-state index in [4.69, 9.17) is 14.7 Å². The van der Waals surface area contributed by atoms with Gasteiger partial charge in [-0.05, 0) is 18.2 Å². The largest absolute Gasteiger partial charge is 0.497 e. The molecule has 0 N–H and O–H groups in total. The Labute approximate surface area is 121 Å². The second kappa shape index (κ2) is 6.53. The number of nitriles is 1. The van der Waals surface area contributed by atoms with Gasteiger partial charge in [0.2, 0.25) is 0 Å². The maximum Gasteiger partial charge on any atom is 0.341 e. The Kier molecular flexibility index (Phi) is 4.52. The topological polar surface area (TPSA) is 59.3 Å². The van der Waals surface area contributed by atoms with Crippen molar-refractivity contribution in [3.63, 3.8) is 0 Å². The Morgan fingerprint density at radius 2 is 2.05 bits per heavy atom. The van der Waals surface area contributed by atoms with Crippen molar-refractivity contribution in [1.29, 1.82) is 5.26 Å². The van der Waals surface area contributed by atoms with Crippen LogP contribution in [-0.2, 0) is 11.3 Å². The van der Waals surface area contributed by atoms with Crippen LogP contribution in [0.4, 0.5) is 4.39 Å². The second-order valence-electron chi connectivity index (χ2n) is 4.19. The molecule has 106 valence electrons. The summed E-state index contributed by atoms with van der Waals surface area (Å²) in [5.41, 5.74) is 0.813. The lowest BCUT2D eigenvalue weighted by Gasteiger charge is -2.08. The summed E-state index contributed by atoms with van der Waals surface area (Å²) in [6, 6.07) is 12.6. The lowest BCUT2D eigenvalue weighted by Crippen LogP contribution is -2.08. The number of halogens is 1. The molecule has 0 aliphatic rings. The first-order valence-electron chi connectivity index (χ1n) is 6.14. The quantitative estimate of drug-likeness (QED) is 0.810. The molecule has 0 atom stereocenters. The van der Waals surface area contributed by atoms with E-state index in [2.05, 4.69) is 0 Å². The minimum atomic E-state index is -0.789. The lowest BCUT2D eigenvalue weighted by molar-refractivity contribution is 0.0467. The van der Waals surface area contributed by atoms with Crippen LogP contribution in [0.1, 0.15) is 21.5 Å². The first-order valence-corrected chi connectivity index (χ1v) is 6.14. The van der Waals surface area contributed by atoms with E-state index in [0.717, 1.165) is 6.07 Å². The number of methoxy groups -OCH3 is 1. The number of hydrogen-bond donors (Lipinski definition) is 0. The van der Waals surface area contributed by atoms with Crippen molar-refractivity contribution in [2.45, 2.75) is 6.61 Å². The molecule has 2 aromatic rings. The van der Waals surface area contributed by atoms with Crippen LogP contribution < -0.4 is 4.74 Å². The van der Waals surface area contributed by atoms with Gasteiger partial charge in [0.25, 0.3) is 0 Å². The number of nitrogens with zero attached hydrogens (tertiary/aromatic N) is 1. The molecule has 0 unspecified atom stereocenters. The van der Waals surface area contributed by atoms with Crippen molar-refractivity contribution in [2.24, 2.45) is 0 Å². The van der Waals surface area contributed by atoms with Gasteiger partial charge >= 0.3 is 5.97 Å². The smallest absolute Gasteiger partial charge is 0.341 e. The van der Waals surface area contributed by atoms with E-state index in [1.54, 1.807) is 24.3 Å². The summed E-state index contributed by atoms with van der Waals surface area (Å²) in [5.74, 6) is -1.19. The number of rotatable bonds is 4. The third kappa shape index (κ3) is 3.37. The first-order chi connectivity index (χ1) is 10.2. The maximum atomic E-state index is 13.7. The molecule has 2 rings (SSSR count). The van der Waals surface area contributed by atoms with Crippen LogP contribution in [0.25, 0.3) is 0 Å². The molecule has 0 aromatic heterocycles. The van der Waals surface area contributed by atoms with E-state index in [1.807, 2.05) is 6.07 Å². The van der Waals surface area contributed by atoms with Gasteiger partial charge in [-0.15, -0.1) is 0 Å². The van der Waals surface area contributed by atoms with Gasteiger partial charge in [0, 0.05) is 11.6 Å². The number of benzene rings is 2. The Morgan fingerprint density at radius 3 is 2.71 bits per heavy atom. The highest BCUT2D eigenvalue weighted by Gasteiger charge is 2.14. The van der Waals surface area contributed by atoms with E-state index < -0.39 is 11.8 Å². The Morgan fingerprint density at radius 1 is 1.29 bits per heavy atom. The predicted octanol–water partition coefficient (Wildman–Crippen LogP) is 3.06. The van der Waals surface area contributed by atoms with Gasteiger partial charge in [-0.25, -0.2) is 9.18 Å². The summed E-state index contributed by atoms with van der Waals surface area (Å²) in [6.45, 7) is -0.0893. The number of esters is 1. The SMILES string of the molecule is COc1ccc(C(=O)OCc2ccccc2C#N)c(F)c1. The van der Waals surface area contributed by atoms with E-state index in [1.165, 1.54) is 19.2 Å². The van der Waals surface area contributed by atoms with Crippen molar-refractivity contribution >= 4 is 5.97 Å². The van der Waals surface area contributed by atoms with Gasteiger partial charge in [-0.3, -0.25) is 0 Å². The molecule has 0 aliphatic heterocycles. The zero-order valence-electron chi connectivity index (χ0n) is 11.3. The van der Waals surface area contributed by atoms with Crippen molar-refractivity contribution in [3.05, 3.63) is 65.0 Å². The minimum Gasteiger partial charge on any atom is -0.497 e.